The van der Waals surface area contributed by atoms with Gasteiger partial charge in [0.15, 0.2) is 5.13 Å². The lowest BCUT2D eigenvalue weighted by Crippen LogP contribution is -2.18. The predicted molar refractivity (Wildman–Crippen MR) is 112 cm³/mol. The van der Waals surface area contributed by atoms with Crippen molar-refractivity contribution in [3.05, 3.63) is 57.2 Å². The molecule has 0 saturated heterocycles. The molecule has 0 spiro atoms. The van der Waals surface area contributed by atoms with E-state index >= 15 is 0 Å². The van der Waals surface area contributed by atoms with Gasteiger partial charge in [-0.1, -0.05) is 6.07 Å². The summed E-state index contributed by atoms with van der Waals surface area (Å²) in [7, 11) is 0. The first kappa shape index (κ1) is 22.4. The van der Waals surface area contributed by atoms with Gasteiger partial charge in [0.1, 0.15) is 0 Å². The van der Waals surface area contributed by atoms with Gasteiger partial charge < -0.3 is 10.6 Å². The number of halogens is 3. The van der Waals surface area contributed by atoms with Crippen LogP contribution in [0.25, 0.3) is 0 Å². The van der Waals surface area contributed by atoms with E-state index in [0.717, 1.165) is 29.5 Å². The Morgan fingerprint density at radius 1 is 1.03 bits per heavy atom. The number of alkyl halides is 3. The van der Waals surface area contributed by atoms with Gasteiger partial charge in [-0.25, -0.2) is 4.98 Å². The second-order valence-corrected chi connectivity index (χ2v) is 8.05. The molecular formula is C19H15F3N4O3S2. The molecule has 3 amide bonds. The molecule has 3 aromatic rings. The zero-order valence-corrected chi connectivity index (χ0v) is 17.5. The van der Waals surface area contributed by atoms with Gasteiger partial charge >= 0.3 is 6.18 Å². The van der Waals surface area contributed by atoms with E-state index in [2.05, 4.69) is 20.9 Å². The highest BCUT2D eigenvalue weighted by atomic mass is 32.1. The molecule has 0 saturated carbocycles. The first-order chi connectivity index (χ1) is 14.6. The van der Waals surface area contributed by atoms with Gasteiger partial charge in [-0.3, -0.25) is 19.7 Å². The number of hydrogen-bond donors (Lipinski definition) is 3. The minimum atomic E-state index is -4.61. The molecule has 3 rings (SSSR count). The number of thiophene rings is 1. The van der Waals surface area contributed by atoms with Crippen LogP contribution in [0, 0.1) is 0 Å². The van der Waals surface area contributed by atoms with Crippen LogP contribution in [-0.4, -0.2) is 22.7 Å². The van der Waals surface area contributed by atoms with Gasteiger partial charge in [0.25, 0.3) is 5.91 Å². The highest BCUT2D eigenvalue weighted by Gasteiger charge is 2.31. The smallest absolute Gasteiger partial charge is 0.325 e. The molecule has 0 bridgehead atoms. The van der Waals surface area contributed by atoms with E-state index in [9.17, 15) is 27.6 Å². The Labute approximate surface area is 182 Å². The van der Waals surface area contributed by atoms with Crippen LogP contribution in [0.2, 0.25) is 0 Å². The van der Waals surface area contributed by atoms with Crippen LogP contribution in [0.3, 0.4) is 0 Å². The Kier molecular flexibility index (Phi) is 6.71. The van der Waals surface area contributed by atoms with Crippen molar-refractivity contribution in [2.45, 2.75) is 19.5 Å². The van der Waals surface area contributed by atoms with Crippen molar-refractivity contribution in [1.29, 1.82) is 0 Å². The quantitative estimate of drug-likeness (QED) is 0.492. The maximum absolute atomic E-state index is 13.0. The number of rotatable bonds is 6. The number of aromatic nitrogens is 1. The van der Waals surface area contributed by atoms with Gasteiger partial charge in [-0.05, 0) is 29.6 Å². The Morgan fingerprint density at radius 3 is 2.45 bits per heavy atom. The van der Waals surface area contributed by atoms with Crippen LogP contribution < -0.4 is 16.0 Å². The molecule has 3 N–H and O–H groups in total. The fraction of sp³-hybridized carbons (Fsp3) is 0.158. The maximum atomic E-state index is 13.0. The molecule has 7 nitrogen and oxygen atoms in total. The lowest BCUT2D eigenvalue weighted by Gasteiger charge is -2.14. The number of amides is 3. The van der Waals surface area contributed by atoms with Crippen molar-refractivity contribution in [2.24, 2.45) is 0 Å². The second kappa shape index (κ2) is 9.27. The van der Waals surface area contributed by atoms with Gasteiger partial charge in [-0.15, -0.1) is 22.7 Å². The first-order valence-corrected chi connectivity index (χ1v) is 10.5. The van der Waals surface area contributed by atoms with Crippen LogP contribution in [-0.2, 0) is 22.2 Å². The summed E-state index contributed by atoms with van der Waals surface area (Å²) in [6.07, 6.45) is -4.85. The zero-order valence-electron chi connectivity index (χ0n) is 15.9. The number of hydrogen-bond acceptors (Lipinski definition) is 6. The highest BCUT2D eigenvalue weighted by molar-refractivity contribution is 7.14. The van der Waals surface area contributed by atoms with E-state index in [1.165, 1.54) is 18.3 Å². The summed E-state index contributed by atoms with van der Waals surface area (Å²) in [6.45, 7) is 1.20. The topological polar surface area (TPSA) is 100 Å². The average molecular weight is 468 g/mol. The van der Waals surface area contributed by atoms with Gasteiger partial charge in [0, 0.05) is 12.3 Å². The van der Waals surface area contributed by atoms with Crippen molar-refractivity contribution in [3.8, 4) is 0 Å². The lowest BCUT2D eigenvalue weighted by atomic mass is 10.1. The molecule has 0 aliphatic carbocycles. The number of thiazole rings is 1. The van der Waals surface area contributed by atoms with Crippen molar-refractivity contribution in [2.75, 3.05) is 16.0 Å². The summed E-state index contributed by atoms with van der Waals surface area (Å²) in [5, 5.41) is 11.0. The summed E-state index contributed by atoms with van der Waals surface area (Å²) >= 11 is 2.38. The van der Waals surface area contributed by atoms with Crippen LogP contribution in [0.5, 0.6) is 0 Å². The number of nitrogens with one attached hydrogen (secondary N) is 3. The normalized spacial score (nSPS) is 11.1. The van der Waals surface area contributed by atoms with Crippen LogP contribution in [0.1, 0.15) is 27.9 Å². The molecule has 0 radical (unpaired) electrons. The minimum Gasteiger partial charge on any atom is -0.325 e. The number of carbonyl (C=O) groups excluding carboxylic acids is 3. The standard InChI is InChI=1S/C19H15F3N4O3S2/c1-10(27)23-13-5-4-11(19(20,21)22)7-14(13)25-16(28)8-12-9-31-18(24-12)26-17(29)15-3-2-6-30-15/h2-7,9H,8H2,1H3,(H,23,27)(H,25,28)(H,24,26,29). The molecule has 12 heteroatoms. The van der Waals surface area contributed by atoms with E-state index in [-0.39, 0.29) is 23.7 Å². The van der Waals surface area contributed by atoms with Crippen LogP contribution >= 0.6 is 22.7 Å². The Morgan fingerprint density at radius 2 is 1.81 bits per heavy atom. The van der Waals surface area contributed by atoms with Gasteiger partial charge in [0.05, 0.1) is 33.9 Å². The molecule has 0 atom stereocenters. The highest BCUT2D eigenvalue weighted by Crippen LogP contribution is 2.34. The number of benzene rings is 1. The molecule has 2 heterocycles. The van der Waals surface area contributed by atoms with E-state index in [4.69, 9.17) is 0 Å². The summed E-state index contributed by atoms with van der Waals surface area (Å²) in [5.41, 5.74) is -0.784. The summed E-state index contributed by atoms with van der Waals surface area (Å²) in [6, 6.07) is 6.02. The number of anilines is 3. The number of carbonyl (C=O) groups is 3. The summed E-state index contributed by atoms with van der Waals surface area (Å²) in [5.74, 6) is -1.46. The Hall–Kier alpha value is -3.25. The van der Waals surface area contributed by atoms with Crippen molar-refractivity contribution >= 4 is 56.9 Å². The summed E-state index contributed by atoms with van der Waals surface area (Å²) < 4.78 is 39.0. The SMILES string of the molecule is CC(=O)Nc1ccc(C(F)(F)F)cc1NC(=O)Cc1csc(NC(=O)c2cccs2)n1. The molecular weight excluding hydrogens is 453 g/mol. The lowest BCUT2D eigenvalue weighted by molar-refractivity contribution is -0.137. The van der Waals surface area contributed by atoms with Crippen molar-refractivity contribution < 1.29 is 27.6 Å². The largest absolute Gasteiger partial charge is 0.416 e. The van der Waals surface area contributed by atoms with E-state index in [1.54, 1.807) is 22.9 Å². The average Bonchev–Trinajstić information content (AvgIpc) is 3.34. The van der Waals surface area contributed by atoms with Crippen molar-refractivity contribution in [1.82, 2.24) is 4.98 Å². The third-order valence-corrected chi connectivity index (χ3v) is 5.47. The van der Waals surface area contributed by atoms with Gasteiger partial charge in [-0.2, -0.15) is 13.2 Å². The monoisotopic (exact) mass is 468 g/mol. The fourth-order valence-corrected chi connectivity index (χ4v) is 3.82. The van der Waals surface area contributed by atoms with E-state index < -0.39 is 23.6 Å². The predicted octanol–water partition coefficient (Wildman–Crippen LogP) is 4.62. The molecule has 31 heavy (non-hydrogen) atoms. The number of nitrogens with zero attached hydrogens (tertiary/aromatic N) is 1. The van der Waals surface area contributed by atoms with E-state index in [1.807, 2.05) is 0 Å². The Balaban J connectivity index is 1.69. The maximum Gasteiger partial charge on any atom is 0.416 e. The first-order valence-electron chi connectivity index (χ1n) is 8.70. The Bertz CT molecular complexity index is 1110. The van der Waals surface area contributed by atoms with Crippen LogP contribution in [0.15, 0.2) is 41.1 Å². The zero-order chi connectivity index (χ0) is 22.6. The van der Waals surface area contributed by atoms with Crippen molar-refractivity contribution in [3.63, 3.8) is 0 Å². The van der Waals surface area contributed by atoms with Gasteiger partial charge in [0.2, 0.25) is 11.8 Å². The third-order valence-electron chi connectivity index (χ3n) is 3.79. The molecule has 2 aromatic heterocycles. The van der Waals surface area contributed by atoms with E-state index in [0.29, 0.717) is 15.7 Å². The third kappa shape index (κ3) is 6.12. The fourth-order valence-electron chi connectivity index (χ4n) is 2.49. The molecule has 1 aromatic carbocycles. The molecule has 0 fully saturated rings. The molecule has 0 aliphatic rings. The molecule has 162 valence electrons. The minimum absolute atomic E-state index is 0.0380. The van der Waals surface area contributed by atoms with Crippen LogP contribution in [0.4, 0.5) is 29.7 Å². The molecule has 0 unspecified atom stereocenters. The molecule has 0 aliphatic heterocycles. The summed E-state index contributed by atoms with van der Waals surface area (Å²) in [4.78, 5) is 40.4. The second-order valence-electron chi connectivity index (χ2n) is 6.24.